The first-order chi connectivity index (χ1) is 8.15. The van der Waals surface area contributed by atoms with Crippen LogP contribution in [-0.2, 0) is 0 Å². The number of nitrogens with one attached hydrogen (secondary N) is 1. The van der Waals surface area contributed by atoms with Crippen molar-refractivity contribution in [1.29, 1.82) is 5.41 Å². The average Bonchev–Trinajstić information content (AvgIpc) is 2.33. The van der Waals surface area contributed by atoms with E-state index in [-0.39, 0.29) is 11.7 Å². The SMILES string of the molecule is N=C(N)c1ccc(Sc2ccc(F)cc2)cc1. The average molecular weight is 246 g/mol. The molecule has 2 aromatic carbocycles. The summed E-state index contributed by atoms with van der Waals surface area (Å²) in [5.74, 6) is -0.176. The van der Waals surface area contributed by atoms with E-state index in [1.54, 1.807) is 24.3 Å². The first-order valence-electron chi connectivity index (χ1n) is 5.03. The van der Waals surface area contributed by atoms with Crippen molar-refractivity contribution in [3.63, 3.8) is 0 Å². The number of halogens is 1. The normalized spacial score (nSPS) is 10.2. The second kappa shape index (κ2) is 5.01. The van der Waals surface area contributed by atoms with Gasteiger partial charge in [-0.2, -0.15) is 0 Å². The number of hydrogen-bond donors (Lipinski definition) is 2. The lowest BCUT2D eigenvalue weighted by molar-refractivity contribution is 0.626. The van der Waals surface area contributed by atoms with Gasteiger partial charge in [0.15, 0.2) is 0 Å². The third-order valence-corrected chi connectivity index (χ3v) is 3.23. The summed E-state index contributed by atoms with van der Waals surface area (Å²) in [7, 11) is 0. The zero-order valence-electron chi connectivity index (χ0n) is 8.98. The van der Waals surface area contributed by atoms with Gasteiger partial charge in [-0.15, -0.1) is 0 Å². The Balaban J connectivity index is 2.13. The van der Waals surface area contributed by atoms with E-state index < -0.39 is 0 Å². The number of benzene rings is 2. The second-order valence-corrected chi connectivity index (χ2v) is 4.64. The Morgan fingerprint density at radius 3 is 1.88 bits per heavy atom. The van der Waals surface area contributed by atoms with Gasteiger partial charge in [0.2, 0.25) is 0 Å². The van der Waals surface area contributed by atoms with Crippen LogP contribution in [0.25, 0.3) is 0 Å². The van der Waals surface area contributed by atoms with Gasteiger partial charge in [0.05, 0.1) is 0 Å². The quantitative estimate of drug-likeness (QED) is 0.645. The van der Waals surface area contributed by atoms with Crippen LogP contribution in [0.5, 0.6) is 0 Å². The van der Waals surface area contributed by atoms with Crippen molar-refractivity contribution in [2.75, 3.05) is 0 Å². The zero-order valence-corrected chi connectivity index (χ0v) is 9.80. The summed E-state index contributed by atoms with van der Waals surface area (Å²) in [6.07, 6.45) is 0. The van der Waals surface area contributed by atoms with Crippen LogP contribution in [0.15, 0.2) is 58.3 Å². The van der Waals surface area contributed by atoms with Crippen LogP contribution in [-0.4, -0.2) is 5.84 Å². The molecule has 2 aromatic rings. The predicted molar refractivity (Wildman–Crippen MR) is 68.0 cm³/mol. The van der Waals surface area contributed by atoms with Gasteiger partial charge in [0.25, 0.3) is 0 Å². The van der Waals surface area contributed by atoms with Gasteiger partial charge in [-0.3, -0.25) is 5.41 Å². The molecule has 0 fully saturated rings. The van der Waals surface area contributed by atoms with Crippen LogP contribution < -0.4 is 5.73 Å². The molecule has 4 heteroatoms. The van der Waals surface area contributed by atoms with E-state index >= 15 is 0 Å². The standard InChI is InChI=1S/C13H11FN2S/c14-10-3-7-12(8-4-10)17-11-5-1-9(2-6-11)13(15)16/h1-8H,(H3,15,16). The molecule has 2 nitrogen and oxygen atoms in total. The highest BCUT2D eigenvalue weighted by Gasteiger charge is 1.99. The summed E-state index contributed by atoms with van der Waals surface area (Å²) in [6.45, 7) is 0. The molecule has 0 aliphatic heterocycles. The molecule has 17 heavy (non-hydrogen) atoms. The summed E-state index contributed by atoms with van der Waals surface area (Å²) in [4.78, 5) is 2.00. The van der Waals surface area contributed by atoms with Gasteiger partial charge in [0.1, 0.15) is 11.7 Å². The van der Waals surface area contributed by atoms with Gasteiger partial charge in [-0.05, 0) is 36.4 Å². The first-order valence-corrected chi connectivity index (χ1v) is 5.85. The van der Waals surface area contributed by atoms with E-state index in [1.165, 1.54) is 23.9 Å². The summed E-state index contributed by atoms with van der Waals surface area (Å²) < 4.78 is 12.7. The highest BCUT2D eigenvalue weighted by molar-refractivity contribution is 7.99. The minimum Gasteiger partial charge on any atom is -0.384 e. The van der Waals surface area contributed by atoms with Crippen molar-refractivity contribution in [3.05, 3.63) is 59.9 Å². The molecule has 0 atom stereocenters. The summed E-state index contributed by atoms with van der Waals surface area (Å²) in [5, 5.41) is 7.28. The maximum absolute atomic E-state index is 12.7. The highest BCUT2D eigenvalue weighted by atomic mass is 32.2. The summed E-state index contributed by atoms with van der Waals surface area (Å²) in [6, 6.07) is 13.7. The van der Waals surface area contributed by atoms with Gasteiger partial charge in [0, 0.05) is 15.4 Å². The second-order valence-electron chi connectivity index (χ2n) is 3.49. The van der Waals surface area contributed by atoms with E-state index in [0.29, 0.717) is 5.56 Å². The Hall–Kier alpha value is -1.81. The number of rotatable bonds is 3. The molecule has 0 bridgehead atoms. The van der Waals surface area contributed by atoms with Crippen molar-refractivity contribution in [1.82, 2.24) is 0 Å². The number of nitrogen functional groups attached to an aromatic ring is 1. The van der Waals surface area contributed by atoms with Crippen LogP contribution in [0.3, 0.4) is 0 Å². The Bertz CT molecular complexity index is 520. The Morgan fingerprint density at radius 1 is 0.941 bits per heavy atom. The van der Waals surface area contributed by atoms with Crippen molar-refractivity contribution in [2.24, 2.45) is 5.73 Å². The van der Waals surface area contributed by atoms with Crippen LogP contribution >= 0.6 is 11.8 Å². The molecule has 0 unspecified atom stereocenters. The Labute approximate surface area is 103 Å². The smallest absolute Gasteiger partial charge is 0.123 e. The molecule has 0 amide bonds. The lowest BCUT2D eigenvalue weighted by Crippen LogP contribution is -2.10. The monoisotopic (exact) mass is 246 g/mol. The van der Waals surface area contributed by atoms with Gasteiger partial charge < -0.3 is 5.73 Å². The van der Waals surface area contributed by atoms with E-state index in [2.05, 4.69) is 0 Å². The number of nitrogens with two attached hydrogens (primary N) is 1. The largest absolute Gasteiger partial charge is 0.384 e. The van der Waals surface area contributed by atoms with E-state index in [1.807, 2.05) is 12.1 Å². The molecule has 0 aliphatic carbocycles. The number of hydrogen-bond acceptors (Lipinski definition) is 2. The fourth-order valence-electron chi connectivity index (χ4n) is 1.34. The third-order valence-electron chi connectivity index (χ3n) is 2.21. The molecule has 0 spiro atoms. The van der Waals surface area contributed by atoms with E-state index in [9.17, 15) is 4.39 Å². The zero-order chi connectivity index (χ0) is 12.3. The van der Waals surface area contributed by atoms with Gasteiger partial charge >= 0.3 is 0 Å². The maximum atomic E-state index is 12.7. The minimum absolute atomic E-state index is 0.0586. The topological polar surface area (TPSA) is 49.9 Å². The fourth-order valence-corrected chi connectivity index (χ4v) is 2.16. The molecule has 0 heterocycles. The summed E-state index contributed by atoms with van der Waals surface area (Å²) in [5.41, 5.74) is 6.07. The van der Waals surface area contributed by atoms with Crippen molar-refractivity contribution < 1.29 is 4.39 Å². The molecule has 2 rings (SSSR count). The van der Waals surface area contributed by atoms with E-state index in [0.717, 1.165) is 9.79 Å². The van der Waals surface area contributed by atoms with Gasteiger partial charge in [-0.1, -0.05) is 23.9 Å². The molecule has 3 N–H and O–H groups in total. The molecule has 0 aromatic heterocycles. The summed E-state index contributed by atoms with van der Waals surface area (Å²) >= 11 is 1.54. The maximum Gasteiger partial charge on any atom is 0.123 e. The van der Waals surface area contributed by atoms with Crippen molar-refractivity contribution in [2.45, 2.75) is 9.79 Å². The molecule has 0 radical (unpaired) electrons. The Kier molecular flexibility index (Phi) is 3.44. The molecular weight excluding hydrogens is 235 g/mol. The molecular formula is C13H11FN2S. The molecule has 0 saturated heterocycles. The molecule has 0 saturated carbocycles. The van der Waals surface area contributed by atoms with Crippen LogP contribution in [0.4, 0.5) is 4.39 Å². The third kappa shape index (κ3) is 3.07. The first kappa shape index (κ1) is 11.7. The lowest BCUT2D eigenvalue weighted by atomic mass is 10.2. The van der Waals surface area contributed by atoms with Gasteiger partial charge in [-0.25, -0.2) is 4.39 Å². The van der Waals surface area contributed by atoms with Crippen molar-refractivity contribution in [3.8, 4) is 0 Å². The highest BCUT2D eigenvalue weighted by Crippen LogP contribution is 2.27. The minimum atomic E-state index is -0.235. The predicted octanol–water partition coefficient (Wildman–Crippen LogP) is 3.26. The Morgan fingerprint density at radius 2 is 1.41 bits per heavy atom. The fraction of sp³-hybridized carbons (Fsp3) is 0. The van der Waals surface area contributed by atoms with Crippen LogP contribution in [0.2, 0.25) is 0 Å². The molecule has 86 valence electrons. The lowest BCUT2D eigenvalue weighted by Gasteiger charge is -2.03. The van der Waals surface area contributed by atoms with Crippen LogP contribution in [0, 0.1) is 11.2 Å². The van der Waals surface area contributed by atoms with Crippen molar-refractivity contribution >= 4 is 17.6 Å². The molecule has 0 aliphatic rings. The number of amidine groups is 1. The van der Waals surface area contributed by atoms with Crippen LogP contribution in [0.1, 0.15) is 5.56 Å². The van der Waals surface area contributed by atoms with E-state index in [4.69, 9.17) is 11.1 Å².